The van der Waals surface area contributed by atoms with Crippen LogP contribution in [0, 0.1) is 5.92 Å². The lowest BCUT2D eigenvalue weighted by Crippen LogP contribution is -2.43. The van der Waals surface area contributed by atoms with Gasteiger partial charge in [0.2, 0.25) is 0 Å². The van der Waals surface area contributed by atoms with Crippen molar-refractivity contribution < 1.29 is 0 Å². The Kier molecular flexibility index (Phi) is 5.45. The first kappa shape index (κ1) is 12.0. The maximum Gasteiger partial charge on any atom is 0.00770 e. The Bertz CT molecular complexity index is 141. The summed E-state index contributed by atoms with van der Waals surface area (Å²) in [6.45, 7) is 9.99. The summed E-state index contributed by atoms with van der Waals surface area (Å²) < 4.78 is 0. The highest BCUT2D eigenvalue weighted by Gasteiger charge is 2.22. The van der Waals surface area contributed by atoms with Crippen LogP contribution in [-0.4, -0.2) is 43.7 Å². The first-order valence-electron chi connectivity index (χ1n) is 5.93. The number of nitrogens with one attached hydrogen (secondary N) is 1. The van der Waals surface area contributed by atoms with Gasteiger partial charge in [-0.3, -0.25) is 0 Å². The molecule has 0 bridgehead atoms. The van der Waals surface area contributed by atoms with E-state index in [1.807, 2.05) is 0 Å². The van der Waals surface area contributed by atoms with E-state index in [1.165, 1.54) is 32.5 Å². The smallest absolute Gasteiger partial charge is 0.00770 e. The molecule has 0 aromatic carbocycles. The molecule has 1 rings (SSSR count). The summed E-state index contributed by atoms with van der Waals surface area (Å²) in [6.07, 6.45) is 2.68. The van der Waals surface area contributed by atoms with Gasteiger partial charge < -0.3 is 16.0 Å². The normalized spacial score (nSPS) is 22.5. The van der Waals surface area contributed by atoms with E-state index >= 15 is 0 Å². The van der Waals surface area contributed by atoms with Gasteiger partial charge in [0.25, 0.3) is 0 Å². The fraction of sp³-hybridized carbons (Fsp3) is 1.00. The summed E-state index contributed by atoms with van der Waals surface area (Å²) in [5.74, 6) is 0.851. The van der Waals surface area contributed by atoms with E-state index in [2.05, 4.69) is 24.1 Å². The minimum absolute atomic E-state index is 0.637. The minimum atomic E-state index is 0.637. The van der Waals surface area contributed by atoms with Gasteiger partial charge >= 0.3 is 0 Å². The Hall–Kier alpha value is -0.120. The van der Waals surface area contributed by atoms with Crippen LogP contribution >= 0.6 is 0 Å². The van der Waals surface area contributed by atoms with Crippen LogP contribution < -0.4 is 11.1 Å². The fourth-order valence-electron chi connectivity index (χ4n) is 2.25. The number of rotatable bonds is 5. The standard InChI is InChI=1S/C11H25N3/c1-3-14-8-4-11(5-9-14)10(2)13-7-6-12/h10-11,13H,3-9,12H2,1-2H3. The molecule has 0 aliphatic carbocycles. The Morgan fingerprint density at radius 3 is 2.57 bits per heavy atom. The topological polar surface area (TPSA) is 41.3 Å². The van der Waals surface area contributed by atoms with Gasteiger partial charge in [-0.15, -0.1) is 0 Å². The van der Waals surface area contributed by atoms with Gasteiger partial charge in [-0.25, -0.2) is 0 Å². The minimum Gasteiger partial charge on any atom is -0.329 e. The largest absolute Gasteiger partial charge is 0.329 e. The lowest BCUT2D eigenvalue weighted by atomic mass is 9.90. The van der Waals surface area contributed by atoms with Crippen molar-refractivity contribution in [2.24, 2.45) is 11.7 Å². The summed E-state index contributed by atoms with van der Waals surface area (Å²) in [5.41, 5.74) is 5.48. The highest BCUT2D eigenvalue weighted by Crippen LogP contribution is 2.19. The monoisotopic (exact) mass is 199 g/mol. The molecule has 14 heavy (non-hydrogen) atoms. The third-order valence-corrected chi connectivity index (χ3v) is 3.40. The Morgan fingerprint density at radius 2 is 2.07 bits per heavy atom. The van der Waals surface area contributed by atoms with Crippen molar-refractivity contribution in [1.82, 2.24) is 10.2 Å². The zero-order valence-corrected chi connectivity index (χ0v) is 9.63. The van der Waals surface area contributed by atoms with Gasteiger partial charge in [0.05, 0.1) is 0 Å². The maximum absolute atomic E-state index is 5.48. The molecular weight excluding hydrogens is 174 g/mol. The van der Waals surface area contributed by atoms with Gasteiger partial charge in [0.15, 0.2) is 0 Å². The van der Waals surface area contributed by atoms with Gasteiger partial charge in [0.1, 0.15) is 0 Å². The van der Waals surface area contributed by atoms with Crippen molar-refractivity contribution in [1.29, 1.82) is 0 Å². The van der Waals surface area contributed by atoms with Crippen LogP contribution in [0.25, 0.3) is 0 Å². The third kappa shape index (κ3) is 3.56. The second-order valence-electron chi connectivity index (χ2n) is 4.30. The molecule has 1 atom stereocenters. The quantitative estimate of drug-likeness (QED) is 0.683. The fourth-order valence-corrected chi connectivity index (χ4v) is 2.25. The molecule has 0 amide bonds. The zero-order valence-electron chi connectivity index (χ0n) is 9.63. The lowest BCUT2D eigenvalue weighted by molar-refractivity contribution is 0.169. The van der Waals surface area contributed by atoms with E-state index in [4.69, 9.17) is 5.73 Å². The van der Waals surface area contributed by atoms with Crippen molar-refractivity contribution in [2.75, 3.05) is 32.7 Å². The summed E-state index contributed by atoms with van der Waals surface area (Å²) >= 11 is 0. The van der Waals surface area contributed by atoms with Crippen molar-refractivity contribution in [3.63, 3.8) is 0 Å². The summed E-state index contributed by atoms with van der Waals surface area (Å²) in [4.78, 5) is 2.53. The van der Waals surface area contributed by atoms with Crippen LogP contribution in [0.1, 0.15) is 26.7 Å². The highest BCUT2D eigenvalue weighted by atomic mass is 15.1. The van der Waals surface area contributed by atoms with Gasteiger partial charge in [0, 0.05) is 19.1 Å². The number of likely N-dealkylation sites (tertiary alicyclic amines) is 1. The van der Waals surface area contributed by atoms with E-state index in [1.54, 1.807) is 0 Å². The van der Waals surface area contributed by atoms with Crippen LogP contribution in [0.5, 0.6) is 0 Å². The van der Waals surface area contributed by atoms with E-state index in [0.717, 1.165) is 19.0 Å². The van der Waals surface area contributed by atoms with Gasteiger partial charge in [-0.2, -0.15) is 0 Å². The Balaban J connectivity index is 2.19. The lowest BCUT2D eigenvalue weighted by Gasteiger charge is -2.34. The summed E-state index contributed by atoms with van der Waals surface area (Å²) in [7, 11) is 0. The molecule has 84 valence electrons. The van der Waals surface area contributed by atoms with Crippen LogP contribution in [0.3, 0.4) is 0 Å². The molecule has 1 fully saturated rings. The number of nitrogens with two attached hydrogens (primary N) is 1. The molecule has 0 saturated carbocycles. The molecule has 0 aromatic heterocycles. The average Bonchev–Trinajstić information content (AvgIpc) is 2.26. The number of piperidine rings is 1. The molecule has 3 nitrogen and oxygen atoms in total. The molecular formula is C11H25N3. The summed E-state index contributed by atoms with van der Waals surface area (Å²) in [5, 5.41) is 3.49. The van der Waals surface area contributed by atoms with Crippen molar-refractivity contribution in [3.8, 4) is 0 Å². The second kappa shape index (κ2) is 6.38. The zero-order chi connectivity index (χ0) is 10.4. The number of hydrogen-bond donors (Lipinski definition) is 2. The van der Waals surface area contributed by atoms with Crippen LogP contribution in [0.2, 0.25) is 0 Å². The van der Waals surface area contributed by atoms with E-state index in [0.29, 0.717) is 6.04 Å². The Morgan fingerprint density at radius 1 is 1.43 bits per heavy atom. The molecule has 0 spiro atoms. The highest BCUT2D eigenvalue weighted by molar-refractivity contribution is 4.79. The van der Waals surface area contributed by atoms with Crippen LogP contribution in [0.15, 0.2) is 0 Å². The van der Waals surface area contributed by atoms with Crippen molar-refractivity contribution in [2.45, 2.75) is 32.7 Å². The predicted molar refractivity (Wildman–Crippen MR) is 61.4 cm³/mol. The third-order valence-electron chi connectivity index (χ3n) is 3.40. The van der Waals surface area contributed by atoms with E-state index in [-0.39, 0.29) is 0 Å². The van der Waals surface area contributed by atoms with Crippen molar-refractivity contribution >= 4 is 0 Å². The molecule has 3 heteroatoms. The number of nitrogens with zero attached hydrogens (tertiary/aromatic N) is 1. The van der Waals surface area contributed by atoms with Crippen LogP contribution in [0.4, 0.5) is 0 Å². The van der Waals surface area contributed by atoms with Gasteiger partial charge in [-0.1, -0.05) is 6.92 Å². The molecule has 0 aromatic rings. The number of hydrogen-bond acceptors (Lipinski definition) is 3. The average molecular weight is 199 g/mol. The first-order valence-corrected chi connectivity index (χ1v) is 5.93. The maximum atomic E-state index is 5.48. The van der Waals surface area contributed by atoms with Crippen molar-refractivity contribution in [3.05, 3.63) is 0 Å². The first-order chi connectivity index (χ1) is 6.77. The van der Waals surface area contributed by atoms with Gasteiger partial charge in [-0.05, 0) is 45.3 Å². The molecule has 0 radical (unpaired) electrons. The second-order valence-corrected chi connectivity index (χ2v) is 4.30. The summed E-state index contributed by atoms with van der Waals surface area (Å²) in [6, 6.07) is 0.637. The SMILES string of the molecule is CCN1CCC(C(C)NCCN)CC1. The predicted octanol–water partition coefficient (Wildman–Crippen LogP) is 0.655. The molecule has 1 heterocycles. The molecule has 1 aliphatic heterocycles. The molecule has 3 N–H and O–H groups in total. The van der Waals surface area contributed by atoms with E-state index in [9.17, 15) is 0 Å². The van der Waals surface area contributed by atoms with E-state index < -0.39 is 0 Å². The molecule has 1 saturated heterocycles. The molecule has 1 unspecified atom stereocenters. The molecule has 1 aliphatic rings. The van der Waals surface area contributed by atoms with Crippen LogP contribution in [-0.2, 0) is 0 Å². The Labute approximate surface area is 88.0 Å².